The first-order valence-corrected chi connectivity index (χ1v) is 4.36. The van der Waals surface area contributed by atoms with E-state index >= 15 is 0 Å². The molecule has 0 aliphatic heterocycles. The van der Waals surface area contributed by atoms with Crippen LogP contribution in [0.1, 0.15) is 13.8 Å². The smallest absolute Gasteiger partial charge is 0.382 e. The second-order valence-electron chi connectivity index (χ2n) is 3.22. The van der Waals surface area contributed by atoms with Gasteiger partial charge in [-0.1, -0.05) is 0 Å². The predicted molar refractivity (Wildman–Crippen MR) is 46.2 cm³/mol. The Bertz CT molecular complexity index is 206. The lowest BCUT2D eigenvalue weighted by Gasteiger charge is -2.15. The van der Waals surface area contributed by atoms with Gasteiger partial charge in [-0.3, -0.25) is 4.79 Å². The van der Waals surface area contributed by atoms with Gasteiger partial charge in [0.1, 0.15) is 6.61 Å². The first kappa shape index (κ1) is 14.2. The number of hydrogen-bond donors (Lipinski definition) is 2. The van der Waals surface area contributed by atoms with Gasteiger partial charge in [-0.25, -0.2) is 0 Å². The number of nitrogens with one attached hydrogen (secondary N) is 1. The average Bonchev–Trinajstić information content (AvgIpc) is 2.09. The van der Waals surface area contributed by atoms with Crippen LogP contribution in [-0.2, 0) is 9.53 Å². The Kier molecular flexibility index (Phi) is 5.59. The normalized spacial score (nSPS) is 14.1. The van der Waals surface area contributed by atoms with Crippen LogP contribution in [0.4, 0.5) is 13.2 Å². The number of carbonyl (C=O) groups is 1. The second kappa shape index (κ2) is 5.92. The van der Waals surface area contributed by atoms with Crippen LogP contribution in [0, 0.1) is 0 Å². The molecule has 0 heterocycles. The molecule has 15 heavy (non-hydrogen) atoms. The lowest BCUT2D eigenvalue weighted by molar-refractivity contribution is -0.202. The molecule has 0 aromatic carbocycles. The summed E-state index contributed by atoms with van der Waals surface area (Å²) >= 11 is 0. The fourth-order valence-electron chi connectivity index (χ4n) is 0.620. The fourth-order valence-corrected chi connectivity index (χ4v) is 0.620. The number of alkyl halides is 3. The maximum Gasteiger partial charge on any atom is 0.416 e. The first-order chi connectivity index (χ1) is 6.73. The summed E-state index contributed by atoms with van der Waals surface area (Å²) in [4.78, 5) is 10.9. The van der Waals surface area contributed by atoms with Crippen molar-refractivity contribution in [3.8, 4) is 0 Å². The number of carbonyl (C=O) groups excluding carboxylic acids is 1. The van der Waals surface area contributed by atoms with Gasteiger partial charge in [-0.05, 0) is 13.8 Å². The van der Waals surface area contributed by atoms with Crippen LogP contribution in [0.25, 0.3) is 0 Å². The number of amides is 1. The molecule has 0 saturated carbocycles. The summed E-state index contributed by atoms with van der Waals surface area (Å²) in [5, 5.41) is 10.4. The van der Waals surface area contributed by atoms with E-state index in [0.717, 1.165) is 0 Å². The van der Waals surface area contributed by atoms with Crippen molar-refractivity contribution < 1.29 is 27.8 Å². The van der Waals surface area contributed by atoms with Gasteiger partial charge in [0.2, 0.25) is 5.91 Å². The van der Waals surface area contributed by atoms with Crippen molar-refractivity contribution in [2.45, 2.75) is 32.2 Å². The molecule has 0 radical (unpaired) electrons. The van der Waals surface area contributed by atoms with Crippen molar-refractivity contribution in [3.05, 3.63) is 0 Å². The van der Waals surface area contributed by atoms with Crippen molar-refractivity contribution in [1.29, 1.82) is 0 Å². The Morgan fingerprint density at radius 1 is 1.47 bits per heavy atom. The summed E-state index contributed by atoms with van der Waals surface area (Å²) in [7, 11) is 0. The van der Waals surface area contributed by atoms with E-state index < -0.39 is 24.7 Å². The Morgan fingerprint density at radius 3 is 2.40 bits per heavy atom. The number of rotatable bonds is 5. The van der Waals surface area contributed by atoms with E-state index in [-0.39, 0.29) is 12.7 Å². The van der Waals surface area contributed by atoms with E-state index in [1.807, 2.05) is 5.32 Å². The van der Waals surface area contributed by atoms with Gasteiger partial charge < -0.3 is 15.2 Å². The molecule has 7 heteroatoms. The van der Waals surface area contributed by atoms with Gasteiger partial charge in [0.15, 0.2) is 6.10 Å². The molecule has 2 N–H and O–H groups in total. The molecule has 0 aliphatic carbocycles. The van der Waals surface area contributed by atoms with Crippen molar-refractivity contribution in [2.24, 2.45) is 0 Å². The summed E-state index contributed by atoms with van der Waals surface area (Å²) in [6.07, 6.45) is -7.43. The highest BCUT2D eigenvalue weighted by Gasteiger charge is 2.38. The number of hydrogen-bond acceptors (Lipinski definition) is 3. The van der Waals surface area contributed by atoms with Crippen molar-refractivity contribution in [3.63, 3.8) is 0 Å². The minimum absolute atomic E-state index is 0.178. The lowest BCUT2D eigenvalue weighted by atomic mass is 10.3. The molecule has 0 fully saturated rings. The van der Waals surface area contributed by atoms with E-state index in [0.29, 0.717) is 0 Å². The number of ether oxygens (including phenoxy) is 1. The zero-order valence-corrected chi connectivity index (χ0v) is 8.47. The predicted octanol–water partition coefficient (Wildman–Crippen LogP) is 0.451. The minimum Gasteiger partial charge on any atom is -0.382 e. The summed E-state index contributed by atoms with van der Waals surface area (Å²) < 4.78 is 40.2. The molecule has 0 saturated heterocycles. The van der Waals surface area contributed by atoms with Crippen molar-refractivity contribution >= 4 is 5.91 Å². The third kappa shape index (κ3) is 7.15. The van der Waals surface area contributed by atoms with E-state index in [1.54, 1.807) is 13.8 Å². The average molecular weight is 229 g/mol. The third-order valence-corrected chi connectivity index (χ3v) is 1.42. The molecular formula is C8H14F3NO3. The lowest BCUT2D eigenvalue weighted by Crippen LogP contribution is -2.42. The highest BCUT2D eigenvalue weighted by Crippen LogP contribution is 2.18. The number of aliphatic hydroxyl groups is 1. The van der Waals surface area contributed by atoms with E-state index in [2.05, 4.69) is 0 Å². The van der Waals surface area contributed by atoms with Crippen LogP contribution in [0.2, 0.25) is 0 Å². The van der Waals surface area contributed by atoms with Gasteiger partial charge in [0, 0.05) is 0 Å². The Morgan fingerprint density at radius 2 is 2.00 bits per heavy atom. The van der Waals surface area contributed by atoms with Crippen LogP contribution >= 0.6 is 0 Å². The van der Waals surface area contributed by atoms with Crippen LogP contribution < -0.4 is 5.32 Å². The standard InChI is InChI=1S/C8H14F3NO3/c1-5(2)15-4-7(14)12-3-6(13)8(9,10)11/h5-6,13H,3-4H2,1-2H3,(H,12,14). The molecule has 1 unspecified atom stereocenters. The molecule has 1 atom stereocenters. The van der Waals surface area contributed by atoms with Crippen LogP contribution in [0.5, 0.6) is 0 Å². The van der Waals surface area contributed by atoms with Gasteiger partial charge in [-0.15, -0.1) is 0 Å². The molecule has 90 valence electrons. The summed E-state index contributed by atoms with van der Waals surface area (Å²) in [5.41, 5.74) is 0. The van der Waals surface area contributed by atoms with Crippen LogP contribution in [-0.4, -0.2) is 42.5 Å². The molecule has 1 amide bonds. The number of halogens is 3. The Labute approximate surface area is 85.4 Å². The maximum atomic E-state index is 11.8. The first-order valence-electron chi connectivity index (χ1n) is 4.36. The minimum atomic E-state index is -4.72. The van der Waals surface area contributed by atoms with E-state index in [1.165, 1.54) is 0 Å². The van der Waals surface area contributed by atoms with Gasteiger partial charge in [-0.2, -0.15) is 13.2 Å². The molecule has 0 aromatic heterocycles. The van der Waals surface area contributed by atoms with Crippen LogP contribution in [0.3, 0.4) is 0 Å². The molecule has 0 aliphatic rings. The van der Waals surface area contributed by atoms with Gasteiger partial charge >= 0.3 is 6.18 Å². The summed E-state index contributed by atoms with van der Waals surface area (Å²) in [6.45, 7) is 2.21. The highest BCUT2D eigenvalue weighted by molar-refractivity contribution is 5.77. The number of aliphatic hydroxyl groups excluding tert-OH is 1. The van der Waals surface area contributed by atoms with E-state index in [9.17, 15) is 18.0 Å². The topological polar surface area (TPSA) is 58.6 Å². The van der Waals surface area contributed by atoms with Crippen molar-refractivity contribution in [2.75, 3.05) is 13.2 Å². The third-order valence-electron chi connectivity index (χ3n) is 1.42. The zero-order chi connectivity index (χ0) is 12.1. The van der Waals surface area contributed by atoms with Crippen LogP contribution in [0.15, 0.2) is 0 Å². The fraction of sp³-hybridized carbons (Fsp3) is 0.875. The largest absolute Gasteiger partial charge is 0.416 e. The van der Waals surface area contributed by atoms with Gasteiger partial charge in [0.25, 0.3) is 0 Å². The molecule has 0 rings (SSSR count). The van der Waals surface area contributed by atoms with Gasteiger partial charge in [0.05, 0.1) is 12.6 Å². The Hall–Kier alpha value is -0.820. The Balaban J connectivity index is 3.72. The molecule has 0 spiro atoms. The van der Waals surface area contributed by atoms with E-state index in [4.69, 9.17) is 9.84 Å². The monoisotopic (exact) mass is 229 g/mol. The molecule has 0 bridgehead atoms. The summed E-state index contributed by atoms with van der Waals surface area (Å²) in [5.74, 6) is -0.688. The second-order valence-corrected chi connectivity index (χ2v) is 3.22. The molecule has 0 aromatic rings. The zero-order valence-electron chi connectivity index (χ0n) is 8.47. The molecular weight excluding hydrogens is 215 g/mol. The SMILES string of the molecule is CC(C)OCC(=O)NCC(O)C(F)(F)F. The quantitative estimate of drug-likeness (QED) is 0.719. The summed E-state index contributed by atoms with van der Waals surface area (Å²) in [6, 6.07) is 0. The molecule has 4 nitrogen and oxygen atoms in total. The van der Waals surface area contributed by atoms with Crippen molar-refractivity contribution in [1.82, 2.24) is 5.32 Å². The highest BCUT2D eigenvalue weighted by atomic mass is 19.4. The maximum absolute atomic E-state index is 11.8.